The Morgan fingerprint density at radius 1 is 1.00 bits per heavy atom. The largest absolute Gasteiger partial charge is 0.378 e. The van der Waals surface area contributed by atoms with Crippen molar-refractivity contribution in [1.82, 2.24) is 20.0 Å². The van der Waals surface area contributed by atoms with Crippen molar-refractivity contribution in [2.45, 2.75) is 32.6 Å². The number of hydrogen-bond acceptors (Lipinski definition) is 4. The first-order chi connectivity index (χ1) is 13.7. The van der Waals surface area contributed by atoms with Crippen molar-refractivity contribution < 1.29 is 9.53 Å². The highest BCUT2D eigenvalue weighted by Crippen LogP contribution is 2.49. The maximum Gasteiger partial charge on any atom is 0.236 e. The van der Waals surface area contributed by atoms with E-state index in [0.29, 0.717) is 19.8 Å². The average molecular weight is 392 g/mol. The minimum atomic E-state index is 0.244. The summed E-state index contributed by atoms with van der Waals surface area (Å²) in [7, 11) is 0. The molecule has 2 saturated carbocycles. The van der Waals surface area contributed by atoms with Crippen molar-refractivity contribution >= 4 is 11.9 Å². The summed E-state index contributed by atoms with van der Waals surface area (Å²) < 4.78 is 5.35. The zero-order valence-corrected chi connectivity index (χ0v) is 17.4. The van der Waals surface area contributed by atoms with Gasteiger partial charge >= 0.3 is 0 Å². The monoisotopic (exact) mass is 391 g/mol. The Morgan fingerprint density at radius 2 is 1.64 bits per heavy atom. The van der Waals surface area contributed by atoms with E-state index in [-0.39, 0.29) is 5.91 Å². The van der Waals surface area contributed by atoms with Crippen LogP contribution in [0.1, 0.15) is 32.6 Å². The number of rotatable bonds is 7. The van der Waals surface area contributed by atoms with Gasteiger partial charge in [-0.3, -0.25) is 14.7 Å². The minimum Gasteiger partial charge on any atom is -0.378 e. The van der Waals surface area contributed by atoms with Gasteiger partial charge in [0, 0.05) is 52.4 Å². The first-order valence-electron chi connectivity index (χ1n) is 11.4. The molecule has 4 rings (SSSR count). The summed E-state index contributed by atoms with van der Waals surface area (Å²) in [5.74, 6) is 4.03. The van der Waals surface area contributed by atoms with Gasteiger partial charge in [0.2, 0.25) is 5.91 Å². The molecule has 2 aliphatic heterocycles. The third-order valence-electron chi connectivity index (χ3n) is 6.64. The molecule has 0 aromatic rings. The van der Waals surface area contributed by atoms with Gasteiger partial charge in [-0.25, -0.2) is 0 Å². The Morgan fingerprint density at radius 3 is 2.21 bits per heavy atom. The number of carbonyl (C=O) groups is 1. The number of nitrogens with zero attached hydrogens (tertiary/aromatic N) is 4. The molecule has 0 bridgehead atoms. The molecule has 7 nitrogen and oxygen atoms in total. The highest BCUT2D eigenvalue weighted by molar-refractivity contribution is 5.80. The van der Waals surface area contributed by atoms with Gasteiger partial charge in [-0.2, -0.15) is 0 Å². The number of piperazine rings is 1. The van der Waals surface area contributed by atoms with E-state index in [2.05, 4.69) is 22.0 Å². The second kappa shape index (κ2) is 9.44. The van der Waals surface area contributed by atoms with E-state index in [4.69, 9.17) is 9.73 Å². The summed E-state index contributed by atoms with van der Waals surface area (Å²) in [5, 5.41) is 3.50. The average Bonchev–Trinajstić information content (AvgIpc) is 3.63. The fourth-order valence-corrected chi connectivity index (χ4v) is 4.57. The van der Waals surface area contributed by atoms with Crippen molar-refractivity contribution in [2.75, 3.05) is 72.1 Å². The van der Waals surface area contributed by atoms with Gasteiger partial charge in [-0.1, -0.05) is 0 Å². The molecule has 1 N–H and O–H groups in total. The summed E-state index contributed by atoms with van der Waals surface area (Å²) in [5.41, 5.74) is 0. The Balaban J connectivity index is 1.25. The maximum absolute atomic E-state index is 12.5. The molecule has 158 valence electrons. The number of ether oxygens (including phenoxy) is 1. The van der Waals surface area contributed by atoms with Crippen LogP contribution in [0.15, 0.2) is 4.99 Å². The van der Waals surface area contributed by atoms with Crippen LogP contribution in [0.2, 0.25) is 0 Å². The van der Waals surface area contributed by atoms with Crippen LogP contribution >= 0.6 is 0 Å². The predicted octanol–water partition coefficient (Wildman–Crippen LogP) is 0.865. The molecule has 4 aliphatic rings. The molecule has 0 radical (unpaired) electrons. The second-order valence-electron chi connectivity index (χ2n) is 8.79. The highest BCUT2D eigenvalue weighted by atomic mass is 16.5. The van der Waals surface area contributed by atoms with Crippen molar-refractivity contribution in [1.29, 1.82) is 0 Å². The molecule has 2 saturated heterocycles. The molecule has 2 aliphatic carbocycles. The Hall–Kier alpha value is -1.34. The van der Waals surface area contributed by atoms with Crippen LogP contribution in [0.4, 0.5) is 0 Å². The predicted molar refractivity (Wildman–Crippen MR) is 110 cm³/mol. The van der Waals surface area contributed by atoms with Crippen LogP contribution in [0.5, 0.6) is 0 Å². The third-order valence-corrected chi connectivity index (χ3v) is 6.64. The lowest BCUT2D eigenvalue weighted by Crippen LogP contribution is -2.55. The number of hydrogen-bond donors (Lipinski definition) is 1. The molecule has 28 heavy (non-hydrogen) atoms. The van der Waals surface area contributed by atoms with E-state index < -0.39 is 0 Å². The summed E-state index contributed by atoms with van der Waals surface area (Å²) in [6.45, 7) is 11.1. The molecule has 0 atom stereocenters. The fraction of sp³-hybridized carbons (Fsp3) is 0.905. The number of aliphatic imine (C=N–C) groups is 1. The van der Waals surface area contributed by atoms with Gasteiger partial charge in [-0.05, 0) is 50.4 Å². The molecule has 2 heterocycles. The van der Waals surface area contributed by atoms with Crippen LogP contribution in [0.3, 0.4) is 0 Å². The topological polar surface area (TPSA) is 60.4 Å². The maximum atomic E-state index is 12.5. The fourth-order valence-electron chi connectivity index (χ4n) is 4.57. The molecule has 0 aromatic carbocycles. The van der Waals surface area contributed by atoms with Gasteiger partial charge < -0.3 is 19.9 Å². The second-order valence-corrected chi connectivity index (χ2v) is 8.79. The molecular weight excluding hydrogens is 354 g/mol. The van der Waals surface area contributed by atoms with Gasteiger partial charge in [-0.15, -0.1) is 0 Å². The van der Waals surface area contributed by atoms with Crippen LogP contribution < -0.4 is 5.32 Å². The molecule has 7 heteroatoms. The Labute approximate surface area is 169 Å². The van der Waals surface area contributed by atoms with Gasteiger partial charge in [0.25, 0.3) is 0 Å². The molecule has 0 spiro atoms. The van der Waals surface area contributed by atoms with E-state index in [9.17, 15) is 4.79 Å². The first-order valence-corrected chi connectivity index (χ1v) is 11.4. The molecular formula is C21H37N5O2. The number of amides is 1. The van der Waals surface area contributed by atoms with Crippen LogP contribution in [-0.2, 0) is 9.53 Å². The summed E-state index contributed by atoms with van der Waals surface area (Å²) in [6.07, 6.45) is 5.68. The minimum absolute atomic E-state index is 0.244. The quantitative estimate of drug-likeness (QED) is 0.515. The van der Waals surface area contributed by atoms with Crippen LogP contribution in [-0.4, -0.2) is 98.7 Å². The number of nitrogens with one attached hydrogen (secondary N) is 1. The molecule has 0 aromatic heterocycles. The molecule has 4 fully saturated rings. The van der Waals surface area contributed by atoms with Crippen LogP contribution in [0.25, 0.3) is 0 Å². The Bertz CT molecular complexity index is 535. The standard InChI is InChI=1S/C21H37N5O2/c1-2-22-21(23-15-19(17-3-4-17)18-5-6-18)26-9-7-24(8-10-26)16-20(27)25-11-13-28-14-12-25/h17-19H,2-16H2,1H3,(H,22,23). The summed E-state index contributed by atoms with van der Waals surface area (Å²) >= 11 is 0. The van der Waals surface area contributed by atoms with Crippen molar-refractivity contribution in [3.8, 4) is 0 Å². The lowest BCUT2D eigenvalue weighted by atomic mass is 9.98. The van der Waals surface area contributed by atoms with Crippen molar-refractivity contribution in [3.05, 3.63) is 0 Å². The van der Waals surface area contributed by atoms with E-state index in [1.807, 2.05) is 4.90 Å². The normalized spacial score (nSPS) is 24.7. The highest BCUT2D eigenvalue weighted by Gasteiger charge is 2.41. The van der Waals surface area contributed by atoms with Gasteiger partial charge in [0.05, 0.1) is 19.8 Å². The van der Waals surface area contributed by atoms with Crippen molar-refractivity contribution in [3.63, 3.8) is 0 Å². The van der Waals surface area contributed by atoms with Gasteiger partial charge in [0.15, 0.2) is 5.96 Å². The first kappa shape index (κ1) is 20.0. The molecule has 1 amide bonds. The van der Waals surface area contributed by atoms with Gasteiger partial charge in [0.1, 0.15) is 0 Å². The Kier molecular flexibility index (Phi) is 6.73. The number of carbonyl (C=O) groups excluding carboxylic acids is 1. The lowest BCUT2D eigenvalue weighted by molar-refractivity contribution is -0.136. The smallest absolute Gasteiger partial charge is 0.236 e. The zero-order valence-electron chi connectivity index (χ0n) is 17.4. The third kappa shape index (κ3) is 5.38. The van der Waals surface area contributed by atoms with E-state index in [0.717, 1.165) is 76.1 Å². The van der Waals surface area contributed by atoms with E-state index >= 15 is 0 Å². The van der Waals surface area contributed by atoms with E-state index in [1.54, 1.807) is 0 Å². The SMILES string of the molecule is CCNC(=NCC(C1CC1)C1CC1)N1CCN(CC(=O)N2CCOCC2)CC1. The lowest BCUT2D eigenvalue weighted by Gasteiger charge is -2.37. The number of guanidine groups is 1. The zero-order chi connectivity index (χ0) is 19.3. The van der Waals surface area contributed by atoms with Crippen molar-refractivity contribution in [2.24, 2.45) is 22.7 Å². The molecule has 0 unspecified atom stereocenters. The number of morpholine rings is 1. The van der Waals surface area contributed by atoms with E-state index in [1.165, 1.54) is 25.7 Å². The summed E-state index contributed by atoms with van der Waals surface area (Å²) in [6, 6.07) is 0. The summed E-state index contributed by atoms with van der Waals surface area (Å²) in [4.78, 5) is 24.1. The van der Waals surface area contributed by atoms with Crippen LogP contribution in [0, 0.1) is 17.8 Å².